The number of carboxylic acid groups (broad SMARTS) is 1. The lowest BCUT2D eigenvalue weighted by atomic mass is 9.72. The summed E-state index contributed by atoms with van der Waals surface area (Å²) in [6.07, 6.45) is 4.71. The van der Waals surface area contributed by atoms with E-state index in [9.17, 15) is 14.7 Å². The van der Waals surface area contributed by atoms with E-state index in [1.165, 1.54) is 5.56 Å². The normalized spacial score (nSPS) is 23.6. The lowest BCUT2D eigenvalue weighted by molar-refractivity contribution is -0.154. The van der Waals surface area contributed by atoms with Gasteiger partial charge in [-0.2, -0.15) is 0 Å². The van der Waals surface area contributed by atoms with Crippen LogP contribution in [0, 0.1) is 17.3 Å². The average Bonchev–Trinajstić information content (AvgIpc) is 3.31. The highest BCUT2D eigenvalue weighted by atomic mass is 16.5. The van der Waals surface area contributed by atoms with Gasteiger partial charge in [-0.1, -0.05) is 91.1 Å². The molecule has 4 atom stereocenters. The van der Waals surface area contributed by atoms with Crippen LogP contribution in [0.15, 0.2) is 42.5 Å². The van der Waals surface area contributed by atoms with Crippen LogP contribution < -0.4 is 14.8 Å². The van der Waals surface area contributed by atoms with Crippen LogP contribution >= 0.6 is 0 Å². The third-order valence-electron chi connectivity index (χ3n) is 9.27. The van der Waals surface area contributed by atoms with E-state index < -0.39 is 23.5 Å². The topological polar surface area (TPSA) is 88.1 Å². The molecule has 2 N–H and O–H groups in total. The molecule has 1 aliphatic heterocycles. The summed E-state index contributed by atoms with van der Waals surface area (Å²) >= 11 is 0. The smallest absolute Gasteiger partial charge is 0.326 e. The number of carbonyl (C=O) groups is 2. The van der Waals surface area contributed by atoms with Gasteiger partial charge in [0.15, 0.2) is 0 Å². The van der Waals surface area contributed by atoms with Crippen molar-refractivity contribution in [2.75, 3.05) is 14.2 Å². The fourth-order valence-corrected chi connectivity index (χ4v) is 7.11. The van der Waals surface area contributed by atoms with Crippen molar-refractivity contribution in [3.63, 3.8) is 0 Å². The van der Waals surface area contributed by atoms with Crippen molar-refractivity contribution in [2.45, 2.75) is 104 Å². The highest BCUT2D eigenvalue weighted by Crippen LogP contribution is 2.51. The SMILES string of the molecule is COc1cc(C(C)(C)C)ccc1CN[C@H]1[C@H](C(C)(C)C)[C@@H](C(=O)O)N(C(=O)C2CCCCC2)[C@H]1c1ccccc1OC. The number of aliphatic carboxylic acids is 1. The average molecular weight is 579 g/mol. The molecule has 1 amide bonds. The summed E-state index contributed by atoms with van der Waals surface area (Å²) < 4.78 is 11.6. The Balaban J connectivity index is 1.84. The van der Waals surface area contributed by atoms with Crippen LogP contribution in [-0.4, -0.2) is 48.2 Å². The van der Waals surface area contributed by atoms with Crippen LogP contribution in [0.4, 0.5) is 0 Å². The maximum atomic E-state index is 14.4. The van der Waals surface area contributed by atoms with Crippen molar-refractivity contribution in [2.24, 2.45) is 17.3 Å². The summed E-state index contributed by atoms with van der Waals surface area (Å²) in [5.74, 6) is -0.0980. The van der Waals surface area contributed by atoms with Crippen molar-refractivity contribution in [3.05, 3.63) is 59.2 Å². The minimum Gasteiger partial charge on any atom is -0.496 e. The molecule has 1 saturated heterocycles. The Kier molecular flexibility index (Phi) is 9.61. The number of carbonyl (C=O) groups excluding carboxylic acids is 1. The van der Waals surface area contributed by atoms with Crippen LogP contribution in [0.1, 0.15) is 96.4 Å². The zero-order valence-corrected chi connectivity index (χ0v) is 26.7. The number of hydrogen-bond donors (Lipinski definition) is 2. The Labute approximate surface area is 252 Å². The van der Waals surface area contributed by atoms with Crippen LogP contribution in [0.3, 0.4) is 0 Å². The van der Waals surface area contributed by atoms with E-state index in [0.717, 1.165) is 49.0 Å². The second-order valence-electron chi connectivity index (χ2n) is 14.1. The Morgan fingerprint density at radius 3 is 2.14 bits per heavy atom. The number of benzene rings is 2. The minimum atomic E-state index is -0.975. The molecule has 0 spiro atoms. The molecule has 0 unspecified atom stereocenters. The van der Waals surface area contributed by atoms with E-state index in [-0.39, 0.29) is 29.2 Å². The molecule has 0 aromatic heterocycles. The second kappa shape index (κ2) is 12.7. The Bertz CT molecular complexity index is 1250. The number of methoxy groups -OCH3 is 2. The van der Waals surface area contributed by atoms with Gasteiger partial charge in [0.2, 0.25) is 5.91 Å². The van der Waals surface area contributed by atoms with Gasteiger partial charge in [0.05, 0.1) is 20.3 Å². The van der Waals surface area contributed by atoms with Gasteiger partial charge >= 0.3 is 5.97 Å². The summed E-state index contributed by atoms with van der Waals surface area (Å²) in [6, 6.07) is 12.2. The molecule has 2 fully saturated rings. The summed E-state index contributed by atoms with van der Waals surface area (Å²) in [7, 11) is 3.31. The quantitative estimate of drug-likeness (QED) is 0.361. The fourth-order valence-electron chi connectivity index (χ4n) is 7.11. The number of nitrogens with zero attached hydrogens (tertiary/aromatic N) is 1. The van der Waals surface area contributed by atoms with Gasteiger partial charge in [-0.3, -0.25) is 4.79 Å². The highest BCUT2D eigenvalue weighted by Gasteiger charge is 2.59. The van der Waals surface area contributed by atoms with Crippen molar-refractivity contribution in [3.8, 4) is 11.5 Å². The summed E-state index contributed by atoms with van der Waals surface area (Å²) in [5.41, 5.74) is 2.56. The molecular formula is C35H50N2O5. The first-order valence-electron chi connectivity index (χ1n) is 15.4. The van der Waals surface area contributed by atoms with E-state index in [1.54, 1.807) is 19.1 Å². The van der Waals surface area contributed by atoms with Crippen molar-refractivity contribution < 1.29 is 24.2 Å². The van der Waals surface area contributed by atoms with Crippen molar-refractivity contribution in [1.29, 1.82) is 0 Å². The largest absolute Gasteiger partial charge is 0.496 e. The predicted octanol–water partition coefficient (Wildman–Crippen LogP) is 6.74. The molecule has 0 bridgehead atoms. The Morgan fingerprint density at radius 1 is 0.929 bits per heavy atom. The summed E-state index contributed by atoms with van der Waals surface area (Å²) in [5, 5.41) is 14.5. The number of likely N-dealkylation sites (tertiary alicyclic amines) is 1. The molecule has 230 valence electrons. The molecule has 2 aliphatic rings. The number of nitrogens with one attached hydrogen (secondary N) is 1. The predicted molar refractivity (Wildman–Crippen MR) is 166 cm³/mol. The number of hydrogen-bond acceptors (Lipinski definition) is 5. The van der Waals surface area contributed by atoms with Crippen molar-refractivity contribution in [1.82, 2.24) is 10.2 Å². The number of carboxylic acids is 1. The first-order chi connectivity index (χ1) is 19.8. The summed E-state index contributed by atoms with van der Waals surface area (Å²) in [6.45, 7) is 13.2. The molecule has 2 aromatic rings. The van der Waals surface area contributed by atoms with E-state index in [4.69, 9.17) is 9.47 Å². The van der Waals surface area contributed by atoms with E-state index >= 15 is 0 Å². The standard InChI is InChI=1S/C35H50N2O5/c1-34(2,3)24-19-18-23(27(20-24)42-8)21-36-29-28(35(4,5)6)31(33(39)40)37(32(38)22-14-10-9-11-15-22)30(29)25-16-12-13-17-26(25)41-7/h12-13,16-20,22,28-31,36H,9-11,14-15,21H2,1-8H3,(H,39,40)/t28-,29-,30-,31-/m0/s1. The number of rotatable bonds is 8. The molecular weight excluding hydrogens is 528 g/mol. The van der Waals surface area contributed by atoms with Crippen LogP contribution in [0.2, 0.25) is 0 Å². The molecule has 7 heteroatoms. The minimum absolute atomic E-state index is 0.0222. The monoisotopic (exact) mass is 578 g/mol. The van der Waals surface area contributed by atoms with Gasteiger partial charge in [0.25, 0.3) is 0 Å². The molecule has 2 aromatic carbocycles. The Hall–Kier alpha value is -3.06. The third kappa shape index (κ3) is 6.46. The maximum absolute atomic E-state index is 14.4. The molecule has 7 nitrogen and oxygen atoms in total. The summed E-state index contributed by atoms with van der Waals surface area (Å²) in [4.78, 5) is 29.3. The number of para-hydroxylation sites is 1. The van der Waals surface area contributed by atoms with Gasteiger partial charge in [0, 0.05) is 35.5 Å². The van der Waals surface area contributed by atoms with Gasteiger partial charge in [-0.15, -0.1) is 0 Å². The second-order valence-corrected chi connectivity index (χ2v) is 14.1. The van der Waals surface area contributed by atoms with Crippen LogP contribution in [0.25, 0.3) is 0 Å². The number of ether oxygens (including phenoxy) is 2. The Morgan fingerprint density at radius 2 is 1.57 bits per heavy atom. The van der Waals surface area contributed by atoms with Gasteiger partial charge in [-0.05, 0) is 41.4 Å². The van der Waals surface area contributed by atoms with Crippen LogP contribution in [0.5, 0.6) is 11.5 Å². The van der Waals surface area contributed by atoms with Gasteiger partial charge in [-0.25, -0.2) is 4.79 Å². The van der Waals surface area contributed by atoms with E-state index in [0.29, 0.717) is 12.3 Å². The third-order valence-corrected chi connectivity index (χ3v) is 9.27. The van der Waals surface area contributed by atoms with Crippen LogP contribution in [-0.2, 0) is 21.5 Å². The highest BCUT2D eigenvalue weighted by molar-refractivity contribution is 5.87. The first-order valence-corrected chi connectivity index (χ1v) is 15.4. The molecule has 42 heavy (non-hydrogen) atoms. The fraction of sp³-hybridized carbons (Fsp3) is 0.600. The maximum Gasteiger partial charge on any atom is 0.326 e. The molecule has 4 rings (SSSR count). The zero-order valence-electron chi connectivity index (χ0n) is 26.7. The molecule has 1 aliphatic carbocycles. The first kappa shape index (κ1) is 31.9. The van der Waals surface area contributed by atoms with Gasteiger partial charge < -0.3 is 24.8 Å². The molecule has 1 saturated carbocycles. The lowest BCUT2D eigenvalue weighted by Crippen LogP contribution is -2.49. The van der Waals surface area contributed by atoms with E-state index in [1.807, 2.05) is 24.3 Å². The lowest BCUT2D eigenvalue weighted by Gasteiger charge is -2.36. The zero-order chi connectivity index (χ0) is 30.8. The molecule has 1 heterocycles. The molecule has 0 radical (unpaired) electrons. The van der Waals surface area contributed by atoms with E-state index in [2.05, 4.69) is 65.1 Å². The van der Waals surface area contributed by atoms with Gasteiger partial charge in [0.1, 0.15) is 17.5 Å². The van der Waals surface area contributed by atoms with Crippen molar-refractivity contribution >= 4 is 11.9 Å². The number of amides is 1.